The van der Waals surface area contributed by atoms with Gasteiger partial charge in [-0.05, 0) is 18.0 Å². The van der Waals surface area contributed by atoms with E-state index < -0.39 is 18.2 Å². The standard InChI is InChI=1S/C11H12ClN3O4/c12-9-6(2-1-3-7(9)11(18)19)10(17)8(16)4-5-14-15-13/h1-3,8,10,16-17H,4-5H2,(H,18,19). The third kappa shape index (κ3) is 3.84. The molecule has 0 heterocycles. The number of carboxylic acid groups (broad SMARTS) is 1. The molecular weight excluding hydrogens is 274 g/mol. The minimum absolute atomic E-state index is 0.0188. The van der Waals surface area contributed by atoms with Gasteiger partial charge in [0.05, 0.1) is 16.7 Å². The van der Waals surface area contributed by atoms with Gasteiger partial charge in [0.1, 0.15) is 6.10 Å². The highest BCUT2D eigenvalue weighted by Gasteiger charge is 2.23. The summed E-state index contributed by atoms with van der Waals surface area (Å²) in [4.78, 5) is 13.4. The molecule has 0 fully saturated rings. The van der Waals surface area contributed by atoms with Crippen molar-refractivity contribution in [1.29, 1.82) is 0 Å². The summed E-state index contributed by atoms with van der Waals surface area (Å²) in [5, 5.41) is 31.6. The number of rotatable bonds is 6. The zero-order valence-electron chi connectivity index (χ0n) is 9.77. The molecule has 0 aromatic heterocycles. The van der Waals surface area contributed by atoms with Gasteiger partial charge in [0.25, 0.3) is 0 Å². The smallest absolute Gasteiger partial charge is 0.337 e. The average Bonchev–Trinajstić information content (AvgIpc) is 2.38. The van der Waals surface area contributed by atoms with Gasteiger partial charge in [-0.2, -0.15) is 0 Å². The van der Waals surface area contributed by atoms with Crippen molar-refractivity contribution in [2.75, 3.05) is 6.54 Å². The molecule has 102 valence electrons. The Balaban J connectivity index is 2.93. The molecule has 0 aliphatic rings. The van der Waals surface area contributed by atoms with Crippen molar-refractivity contribution in [2.45, 2.75) is 18.6 Å². The number of aromatic carboxylic acids is 1. The predicted octanol–water partition coefficient (Wildman–Crippen LogP) is 2.13. The van der Waals surface area contributed by atoms with E-state index in [2.05, 4.69) is 10.0 Å². The fourth-order valence-electron chi connectivity index (χ4n) is 1.54. The molecule has 0 bridgehead atoms. The van der Waals surface area contributed by atoms with Crippen LogP contribution in [0, 0.1) is 0 Å². The van der Waals surface area contributed by atoms with Crippen LogP contribution >= 0.6 is 11.6 Å². The van der Waals surface area contributed by atoms with Crippen LogP contribution in [0.3, 0.4) is 0 Å². The normalized spacial score (nSPS) is 13.4. The number of aliphatic hydroxyl groups is 2. The van der Waals surface area contributed by atoms with Gasteiger partial charge in [0.2, 0.25) is 0 Å². The van der Waals surface area contributed by atoms with Crippen molar-refractivity contribution in [2.24, 2.45) is 5.11 Å². The molecule has 0 saturated carbocycles. The predicted molar refractivity (Wildman–Crippen MR) is 68.0 cm³/mol. The van der Waals surface area contributed by atoms with Crippen molar-refractivity contribution in [1.82, 2.24) is 0 Å². The fourth-order valence-corrected chi connectivity index (χ4v) is 1.86. The SMILES string of the molecule is [N-]=[N+]=NCCC(O)C(O)c1cccc(C(=O)O)c1Cl. The molecule has 1 aromatic carbocycles. The van der Waals surface area contributed by atoms with E-state index >= 15 is 0 Å². The average molecular weight is 286 g/mol. The minimum Gasteiger partial charge on any atom is -0.478 e. The van der Waals surface area contributed by atoms with E-state index in [1.807, 2.05) is 0 Å². The Morgan fingerprint density at radius 2 is 2.16 bits per heavy atom. The molecule has 7 nitrogen and oxygen atoms in total. The van der Waals surface area contributed by atoms with Crippen LogP contribution in [0.1, 0.15) is 28.4 Å². The van der Waals surface area contributed by atoms with Crippen LogP contribution in [-0.2, 0) is 0 Å². The van der Waals surface area contributed by atoms with Crippen molar-refractivity contribution in [3.05, 3.63) is 44.8 Å². The van der Waals surface area contributed by atoms with Crippen LogP contribution in [0.25, 0.3) is 10.4 Å². The topological polar surface area (TPSA) is 127 Å². The fraction of sp³-hybridized carbons (Fsp3) is 0.364. The third-order valence-electron chi connectivity index (χ3n) is 2.53. The van der Waals surface area contributed by atoms with Gasteiger partial charge in [0.15, 0.2) is 0 Å². The molecule has 8 heteroatoms. The number of aliphatic hydroxyl groups excluding tert-OH is 2. The minimum atomic E-state index is -1.35. The molecule has 2 atom stereocenters. The number of hydrogen-bond donors (Lipinski definition) is 3. The maximum Gasteiger partial charge on any atom is 0.337 e. The van der Waals surface area contributed by atoms with E-state index in [1.54, 1.807) is 0 Å². The van der Waals surface area contributed by atoms with Crippen LogP contribution in [0.5, 0.6) is 0 Å². The Labute approximate surface area is 113 Å². The molecule has 1 aromatic rings. The molecule has 0 spiro atoms. The number of halogens is 1. The Morgan fingerprint density at radius 1 is 1.47 bits per heavy atom. The van der Waals surface area contributed by atoms with E-state index in [9.17, 15) is 15.0 Å². The maximum absolute atomic E-state index is 10.9. The Hall–Kier alpha value is -1.79. The van der Waals surface area contributed by atoms with Crippen molar-refractivity contribution in [3.8, 4) is 0 Å². The summed E-state index contributed by atoms with van der Waals surface area (Å²) in [6.45, 7) is 0.0188. The molecule has 2 unspecified atom stereocenters. The van der Waals surface area contributed by atoms with Crippen LogP contribution < -0.4 is 0 Å². The Kier molecular flexibility index (Phi) is 5.59. The number of azide groups is 1. The first-order chi connectivity index (χ1) is 8.99. The second kappa shape index (κ2) is 6.96. The van der Waals surface area contributed by atoms with E-state index in [-0.39, 0.29) is 29.1 Å². The monoisotopic (exact) mass is 285 g/mol. The quantitative estimate of drug-likeness (QED) is 0.420. The van der Waals surface area contributed by atoms with E-state index in [1.165, 1.54) is 18.2 Å². The lowest BCUT2D eigenvalue weighted by Crippen LogP contribution is -2.20. The van der Waals surface area contributed by atoms with Gasteiger partial charge < -0.3 is 15.3 Å². The van der Waals surface area contributed by atoms with E-state index in [4.69, 9.17) is 22.2 Å². The summed E-state index contributed by atoms with van der Waals surface area (Å²) < 4.78 is 0. The van der Waals surface area contributed by atoms with Crippen LogP contribution in [-0.4, -0.2) is 33.9 Å². The first kappa shape index (κ1) is 15.3. The summed E-state index contributed by atoms with van der Waals surface area (Å²) in [6.07, 6.45) is -2.51. The summed E-state index contributed by atoms with van der Waals surface area (Å²) in [5.41, 5.74) is 8.07. The second-order valence-electron chi connectivity index (χ2n) is 3.77. The van der Waals surface area contributed by atoms with Crippen molar-refractivity contribution in [3.63, 3.8) is 0 Å². The van der Waals surface area contributed by atoms with Gasteiger partial charge in [-0.15, -0.1) is 0 Å². The number of nitrogens with zero attached hydrogens (tertiary/aromatic N) is 3. The summed E-state index contributed by atoms with van der Waals surface area (Å²) >= 11 is 5.87. The van der Waals surface area contributed by atoms with Crippen molar-refractivity contribution >= 4 is 17.6 Å². The first-order valence-electron chi connectivity index (χ1n) is 5.37. The molecule has 0 aliphatic heterocycles. The molecule has 0 saturated heterocycles. The maximum atomic E-state index is 10.9. The van der Waals surface area contributed by atoms with Crippen molar-refractivity contribution < 1.29 is 20.1 Å². The largest absolute Gasteiger partial charge is 0.478 e. The van der Waals surface area contributed by atoms with E-state index in [0.717, 1.165) is 0 Å². The molecule has 0 aliphatic carbocycles. The number of carbonyl (C=O) groups is 1. The second-order valence-corrected chi connectivity index (χ2v) is 4.15. The Morgan fingerprint density at radius 3 is 2.74 bits per heavy atom. The first-order valence-corrected chi connectivity index (χ1v) is 5.75. The summed E-state index contributed by atoms with van der Waals surface area (Å²) in [6, 6.07) is 4.15. The van der Waals surface area contributed by atoms with Crippen LogP contribution in [0.2, 0.25) is 5.02 Å². The Bertz CT molecular complexity index is 517. The van der Waals surface area contributed by atoms with Gasteiger partial charge in [-0.3, -0.25) is 0 Å². The van der Waals surface area contributed by atoms with E-state index in [0.29, 0.717) is 0 Å². The lowest BCUT2D eigenvalue weighted by Gasteiger charge is -2.19. The number of carboxylic acids is 1. The molecular formula is C11H12ClN3O4. The molecule has 19 heavy (non-hydrogen) atoms. The molecule has 3 N–H and O–H groups in total. The zero-order valence-corrected chi connectivity index (χ0v) is 10.5. The summed E-state index contributed by atoms with van der Waals surface area (Å²) in [5.74, 6) is -1.22. The summed E-state index contributed by atoms with van der Waals surface area (Å²) in [7, 11) is 0. The van der Waals surface area contributed by atoms with Gasteiger partial charge >= 0.3 is 5.97 Å². The lowest BCUT2D eigenvalue weighted by atomic mass is 10.00. The van der Waals surface area contributed by atoms with Gasteiger partial charge in [-0.1, -0.05) is 28.8 Å². The highest BCUT2D eigenvalue weighted by Crippen LogP contribution is 2.29. The van der Waals surface area contributed by atoms with Gasteiger partial charge in [-0.25, -0.2) is 4.79 Å². The van der Waals surface area contributed by atoms with Crippen LogP contribution in [0.15, 0.2) is 23.3 Å². The molecule has 0 radical (unpaired) electrons. The molecule has 0 amide bonds. The highest BCUT2D eigenvalue weighted by molar-refractivity contribution is 6.34. The van der Waals surface area contributed by atoms with Crippen LogP contribution in [0.4, 0.5) is 0 Å². The third-order valence-corrected chi connectivity index (χ3v) is 2.95. The number of benzene rings is 1. The highest BCUT2D eigenvalue weighted by atomic mass is 35.5. The molecule has 1 rings (SSSR count). The van der Waals surface area contributed by atoms with Gasteiger partial charge in [0, 0.05) is 17.0 Å². The zero-order chi connectivity index (χ0) is 14.4. The number of hydrogen-bond acceptors (Lipinski definition) is 4. The lowest BCUT2D eigenvalue weighted by molar-refractivity contribution is 0.0150.